The standard InChI is InChI=1S/C22H23IN2O3/c1-22(2,3)28-21(27)25(19-12-8-6-10-17(19)23)20(26)13-15-14-24(4)18-11-7-5-9-16(15)18/h5-12,14H,13H2,1-4H3. The highest BCUT2D eigenvalue weighted by molar-refractivity contribution is 14.1. The number of rotatable bonds is 3. The van der Waals surface area contributed by atoms with Gasteiger partial charge in [0.15, 0.2) is 0 Å². The van der Waals surface area contributed by atoms with Crippen LogP contribution in [0.4, 0.5) is 10.5 Å². The van der Waals surface area contributed by atoms with Crippen molar-refractivity contribution in [1.82, 2.24) is 4.57 Å². The molecular weight excluding hydrogens is 467 g/mol. The number of para-hydroxylation sites is 2. The molecule has 0 bridgehead atoms. The van der Waals surface area contributed by atoms with E-state index < -0.39 is 11.7 Å². The number of amides is 2. The summed E-state index contributed by atoms with van der Waals surface area (Å²) in [7, 11) is 1.95. The quantitative estimate of drug-likeness (QED) is 0.469. The lowest BCUT2D eigenvalue weighted by atomic mass is 10.1. The molecule has 1 heterocycles. The first-order valence-corrected chi connectivity index (χ1v) is 10.1. The average molecular weight is 490 g/mol. The predicted molar refractivity (Wildman–Crippen MR) is 120 cm³/mol. The lowest BCUT2D eigenvalue weighted by Gasteiger charge is -2.27. The molecular formula is C22H23IN2O3. The molecule has 0 N–H and O–H groups in total. The molecule has 0 aliphatic carbocycles. The van der Waals surface area contributed by atoms with Crippen LogP contribution < -0.4 is 4.90 Å². The second-order valence-corrected chi connectivity index (χ2v) is 8.78. The Morgan fingerprint density at radius 1 is 1.07 bits per heavy atom. The summed E-state index contributed by atoms with van der Waals surface area (Å²) in [5, 5.41) is 1.00. The number of benzene rings is 2. The summed E-state index contributed by atoms with van der Waals surface area (Å²) in [4.78, 5) is 27.3. The van der Waals surface area contributed by atoms with Crippen molar-refractivity contribution in [3.05, 3.63) is 63.9 Å². The maximum atomic E-state index is 13.3. The number of ether oxygens (including phenoxy) is 1. The van der Waals surface area contributed by atoms with Gasteiger partial charge in [-0.1, -0.05) is 30.3 Å². The van der Waals surface area contributed by atoms with E-state index in [2.05, 4.69) is 22.6 Å². The van der Waals surface area contributed by atoms with Gasteiger partial charge in [0.05, 0.1) is 12.1 Å². The molecule has 146 valence electrons. The Morgan fingerprint density at radius 2 is 1.71 bits per heavy atom. The number of hydrogen-bond donors (Lipinski definition) is 0. The highest BCUT2D eigenvalue weighted by Gasteiger charge is 2.30. The molecule has 5 nitrogen and oxygen atoms in total. The molecule has 0 aliphatic heterocycles. The van der Waals surface area contributed by atoms with Crippen molar-refractivity contribution in [1.29, 1.82) is 0 Å². The highest BCUT2D eigenvalue weighted by atomic mass is 127. The third-order valence-electron chi connectivity index (χ3n) is 4.24. The van der Waals surface area contributed by atoms with Gasteiger partial charge in [-0.25, -0.2) is 9.69 Å². The largest absolute Gasteiger partial charge is 0.443 e. The van der Waals surface area contributed by atoms with Crippen molar-refractivity contribution in [2.45, 2.75) is 32.8 Å². The fourth-order valence-corrected chi connectivity index (χ4v) is 3.71. The number of aromatic nitrogens is 1. The van der Waals surface area contributed by atoms with Crippen molar-refractivity contribution in [3.8, 4) is 0 Å². The van der Waals surface area contributed by atoms with Gasteiger partial charge < -0.3 is 9.30 Å². The first-order chi connectivity index (χ1) is 13.2. The van der Waals surface area contributed by atoms with Crippen LogP contribution in [0.25, 0.3) is 10.9 Å². The summed E-state index contributed by atoms with van der Waals surface area (Å²) in [6, 6.07) is 15.2. The second kappa shape index (κ2) is 7.95. The molecule has 0 aliphatic rings. The van der Waals surface area contributed by atoms with Gasteiger partial charge in [-0.05, 0) is 67.1 Å². The maximum Gasteiger partial charge on any atom is 0.421 e. The van der Waals surface area contributed by atoms with Gasteiger partial charge in [0.2, 0.25) is 5.91 Å². The average Bonchev–Trinajstić information content (AvgIpc) is 2.91. The second-order valence-electron chi connectivity index (χ2n) is 7.62. The van der Waals surface area contributed by atoms with Crippen LogP contribution >= 0.6 is 22.6 Å². The van der Waals surface area contributed by atoms with Crippen molar-refractivity contribution >= 4 is 51.2 Å². The summed E-state index contributed by atoms with van der Waals surface area (Å²) in [5.41, 5.74) is 1.75. The van der Waals surface area contributed by atoms with Crippen LogP contribution in [0.1, 0.15) is 26.3 Å². The smallest absolute Gasteiger partial charge is 0.421 e. The molecule has 3 aromatic rings. The van der Waals surface area contributed by atoms with Crippen LogP contribution in [-0.2, 0) is 23.0 Å². The highest BCUT2D eigenvalue weighted by Crippen LogP contribution is 2.27. The van der Waals surface area contributed by atoms with E-state index in [1.165, 1.54) is 0 Å². The molecule has 2 aromatic carbocycles. The topological polar surface area (TPSA) is 51.5 Å². The molecule has 0 atom stereocenters. The van der Waals surface area contributed by atoms with E-state index in [0.717, 1.165) is 24.9 Å². The predicted octanol–water partition coefficient (Wildman–Crippen LogP) is 5.29. The number of hydrogen-bond acceptors (Lipinski definition) is 3. The molecule has 0 radical (unpaired) electrons. The van der Waals surface area contributed by atoms with E-state index in [1.54, 1.807) is 32.9 Å². The molecule has 1 aromatic heterocycles. The number of imide groups is 1. The van der Waals surface area contributed by atoms with Crippen molar-refractivity contribution < 1.29 is 14.3 Å². The van der Waals surface area contributed by atoms with Gasteiger partial charge in [0.1, 0.15) is 5.60 Å². The van der Waals surface area contributed by atoms with E-state index >= 15 is 0 Å². The minimum Gasteiger partial charge on any atom is -0.443 e. The van der Waals surface area contributed by atoms with Gasteiger partial charge >= 0.3 is 6.09 Å². The van der Waals surface area contributed by atoms with E-state index in [9.17, 15) is 9.59 Å². The lowest BCUT2D eigenvalue weighted by molar-refractivity contribution is -0.117. The van der Waals surface area contributed by atoms with Crippen molar-refractivity contribution in [2.24, 2.45) is 7.05 Å². The van der Waals surface area contributed by atoms with Crippen LogP contribution in [0.15, 0.2) is 54.7 Å². The Balaban J connectivity index is 1.98. The minimum atomic E-state index is -0.699. The Hall–Kier alpha value is -2.35. The zero-order valence-electron chi connectivity index (χ0n) is 16.4. The number of carbonyl (C=O) groups excluding carboxylic acids is 2. The molecule has 0 saturated heterocycles. The third-order valence-corrected chi connectivity index (χ3v) is 5.15. The molecule has 0 fully saturated rings. The SMILES string of the molecule is Cn1cc(CC(=O)N(C(=O)OC(C)(C)C)c2ccccc2I)c2ccccc21. The lowest BCUT2D eigenvalue weighted by Crippen LogP contribution is -2.42. The van der Waals surface area contributed by atoms with Crippen LogP contribution in [-0.4, -0.2) is 22.2 Å². The Bertz CT molecular complexity index is 1030. The van der Waals surface area contributed by atoms with Crippen molar-refractivity contribution in [2.75, 3.05) is 4.90 Å². The normalized spacial score (nSPS) is 11.5. The minimum absolute atomic E-state index is 0.103. The molecule has 0 unspecified atom stereocenters. The van der Waals surface area contributed by atoms with Crippen LogP contribution in [0.5, 0.6) is 0 Å². The molecule has 6 heteroatoms. The Morgan fingerprint density at radius 3 is 2.39 bits per heavy atom. The molecule has 0 saturated carbocycles. The van der Waals surface area contributed by atoms with Crippen LogP contribution in [0, 0.1) is 3.57 Å². The number of fused-ring (bicyclic) bond motifs is 1. The zero-order chi connectivity index (χ0) is 20.5. The fraction of sp³-hybridized carbons (Fsp3) is 0.273. The third kappa shape index (κ3) is 4.38. The summed E-state index contributed by atoms with van der Waals surface area (Å²) in [6.45, 7) is 5.36. The first kappa shape index (κ1) is 20.4. The van der Waals surface area contributed by atoms with E-state index in [0.29, 0.717) is 5.69 Å². The first-order valence-electron chi connectivity index (χ1n) is 9.01. The monoisotopic (exact) mass is 490 g/mol. The van der Waals surface area contributed by atoms with E-state index in [-0.39, 0.29) is 12.3 Å². The summed E-state index contributed by atoms with van der Waals surface area (Å²) in [6.07, 6.45) is 1.37. The summed E-state index contributed by atoms with van der Waals surface area (Å²) in [5.74, 6) is -0.324. The van der Waals surface area contributed by atoms with E-state index in [4.69, 9.17) is 4.74 Å². The number of halogens is 1. The van der Waals surface area contributed by atoms with Gasteiger partial charge in [0, 0.05) is 27.7 Å². The number of aryl methyl sites for hydroxylation is 1. The summed E-state index contributed by atoms with van der Waals surface area (Å²) < 4.78 is 8.31. The molecule has 28 heavy (non-hydrogen) atoms. The van der Waals surface area contributed by atoms with Crippen LogP contribution in [0.3, 0.4) is 0 Å². The Kier molecular flexibility index (Phi) is 5.79. The van der Waals surface area contributed by atoms with Crippen molar-refractivity contribution in [3.63, 3.8) is 0 Å². The Labute approximate surface area is 178 Å². The summed E-state index contributed by atoms with van der Waals surface area (Å²) >= 11 is 2.12. The van der Waals surface area contributed by atoms with Gasteiger partial charge in [-0.15, -0.1) is 0 Å². The maximum absolute atomic E-state index is 13.3. The fourth-order valence-electron chi connectivity index (χ4n) is 3.08. The van der Waals surface area contributed by atoms with Crippen LogP contribution in [0.2, 0.25) is 0 Å². The molecule has 3 rings (SSSR count). The zero-order valence-corrected chi connectivity index (χ0v) is 18.6. The van der Waals surface area contributed by atoms with Gasteiger partial charge in [-0.3, -0.25) is 4.79 Å². The number of carbonyl (C=O) groups is 2. The van der Waals surface area contributed by atoms with E-state index in [1.807, 2.05) is 54.2 Å². The molecule has 0 spiro atoms. The number of anilines is 1. The number of nitrogens with zero attached hydrogens (tertiary/aromatic N) is 2. The van der Waals surface area contributed by atoms with Gasteiger partial charge in [0.25, 0.3) is 0 Å². The van der Waals surface area contributed by atoms with Gasteiger partial charge in [-0.2, -0.15) is 0 Å². The molecule has 2 amide bonds.